The SMILES string of the molecule is CC(CN(CCc1nc2c(NCc3ncccc3F)nccc2o1)C(=O)OC(C)(C)C)C(=O)Nc1ccccc1N.CC(CN(CCc1nc2c(NCc3ncccc3F)nccc2o1)C(=O)OC(C)(C)C)C(=O)O.Nc1ccccc1N. The molecule has 440 valence electrons. The molecule has 10 N–H and O–H groups in total. The maximum absolute atomic E-state index is 14.0. The van der Waals surface area contributed by atoms with E-state index in [1.165, 1.54) is 59.6 Å². The molecular weight excluding hydrogens is 1070 g/mol. The number of rotatable bonds is 19. The number of benzene rings is 2. The minimum atomic E-state index is -1.01. The van der Waals surface area contributed by atoms with Crippen molar-refractivity contribution in [2.24, 2.45) is 11.8 Å². The number of anilines is 6. The van der Waals surface area contributed by atoms with Gasteiger partial charge in [-0.25, -0.2) is 38.3 Å². The summed E-state index contributed by atoms with van der Waals surface area (Å²) >= 11 is 0. The average Bonchev–Trinajstić information content (AvgIpc) is 4.31. The number of carboxylic acids is 1. The highest BCUT2D eigenvalue weighted by Gasteiger charge is 2.28. The van der Waals surface area contributed by atoms with Gasteiger partial charge in [0, 0.05) is 75.9 Å². The van der Waals surface area contributed by atoms with Gasteiger partial charge in [0.15, 0.2) is 45.6 Å². The van der Waals surface area contributed by atoms with Crippen LogP contribution in [-0.2, 0) is 45.0 Å². The van der Waals surface area contributed by atoms with Crippen molar-refractivity contribution in [1.29, 1.82) is 0 Å². The van der Waals surface area contributed by atoms with Crippen LogP contribution in [0.5, 0.6) is 0 Å². The van der Waals surface area contributed by atoms with Crippen LogP contribution in [0.15, 0.2) is 119 Å². The Morgan fingerprint density at radius 2 is 1.01 bits per heavy atom. The van der Waals surface area contributed by atoms with Crippen LogP contribution in [0.25, 0.3) is 22.2 Å². The number of carbonyl (C=O) groups excluding carboxylic acids is 3. The number of aliphatic carboxylic acids is 1. The van der Waals surface area contributed by atoms with Crippen molar-refractivity contribution in [2.45, 2.75) is 92.5 Å². The Labute approximate surface area is 478 Å². The third-order valence-electron chi connectivity index (χ3n) is 11.8. The molecule has 0 radical (unpaired) electrons. The molecule has 2 aromatic carbocycles. The number of nitrogens with two attached hydrogens (primary N) is 3. The Morgan fingerprint density at radius 3 is 1.41 bits per heavy atom. The lowest BCUT2D eigenvalue weighted by molar-refractivity contribution is -0.141. The molecule has 0 spiro atoms. The van der Waals surface area contributed by atoms with Crippen molar-refractivity contribution >= 4 is 80.6 Å². The predicted octanol–water partition coefficient (Wildman–Crippen LogP) is 9.73. The number of carboxylic acid groups (broad SMARTS) is 1. The Morgan fingerprint density at radius 1 is 0.590 bits per heavy atom. The number of ether oxygens (including phenoxy) is 2. The van der Waals surface area contributed by atoms with Gasteiger partial charge in [-0.05, 0) is 90.1 Å². The van der Waals surface area contributed by atoms with E-state index in [1.807, 2.05) is 12.1 Å². The van der Waals surface area contributed by atoms with Crippen molar-refractivity contribution < 1.29 is 51.4 Å². The summed E-state index contributed by atoms with van der Waals surface area (Å²) in [6, 6.07) is 23.2. The van der Waals surface area contributed by atoms with Crippen molar-refractivity contribution in [1.82, 2.24) is 39.7 Å². The monoisotopic (exact) mass is 1140 g/mol. The lowest BCUT2D eigenvalue weighted by Gasteiger charge is -2.28. The van der Waals surface area contributed by atoms with Crippen LogP contribution in [0.2, 0.25) is 0 Å². The molecule has 0 aliphatic carbocycles. The van der Waals surface area contributed by atoms with Crippen LogP contribution in [0, 0.1) is 23.5 Å². The number of hydrogen-bond donors (Lipinski definition) is 7. The molecule has 0 fully saturated rings. The minimum Gasteiger partial charge on any atom is -0.481 e. The number of para-hydroxylation sites is 4. The van der Waals surface area contributed by atoms with Crippen molar-refractivity contribution in [2.75, 3.05) is 59.3 Å². The van der Waals surface area contributed by atoms with E-state index in [1.54, 1.807) is 103 Å². The first-order valence-corrected chi connectivity index (χ1v) is 26.4. The van der Waals surface area contributed by atoms with E-state index in [0.29, 0.717) is 68.4 Å². The van der Waals surface area contributed by atoms with Gasteiger partial charge in [-0.1, -0.05) is 38.1 Å². The Balaban J connectivity index is 0.000000237. The van der Waals surface area contributed by atoms with Crippen molar-refractivity contribution in [3.63, 3.8) is 0 Å². The van der Waals surface area contributed by atoms with Gasteiger partial charge >= 0.3 is 18.2 Å². The van der Waals surface area contributed by atoms with Gasteiger partial charge in [-0.15, -0.1) is 0 Å². The predicted molar refractivity (Wildman–Crippen MR) is 310 cm³/mol. The number of nitrogens with zero attached hydrogens (tertiary/aromatic N) is 8. The van der Waals surface area contributed by atoms with Gasteiger partial charge in [-0.3, -0.25) is 19.6 Å². The zero-order valence-electron chi connectivity index (χ0n) is 47.5. The molecular formula is C58H70F2N14O9. The summed E-state index contributed by atoms with van der Waals surface area (Å²) in [6.07, 6.45) is 5.42. The van der Waals surface area contributed by atoms with E-state index < -0.39 is 52.8 Å². The molecule has 8 rings (SSSR count). The number of pyridine rings is 4. The highest BCUT2D eigenvalue weighted by atomic mass is 19.1. The maximum atomic E-state index is 14.0. The van der Waals surface area contributed by atoms with E-state index in [4.69, 9.17) is 35.5 Å². The molecule has 6 heterocycles. The summed E-state index contributed by atoms with van der Waals surface area (Å²) in [4.78, 5) is 78.3. The summed E-state index contributed by atoms with van der Waals surface area (Å²) in [5, 5.41) is 18.1. The van der Waals surface area contributed by atoms with Crippen LogP contribution in [0.4, 0.5) is 52.8 Å². The number of amides is 3. The molecule has 83 heavy (non-hydrogen) atoms. The van der Waals surface area contributed by atoms with Gasteiger partial charge in [0.25, 0.3) is 0 Å². The molecule has 0 aliphatic rings. The summed E-state index contributed by atoms with van der Waals surface area (Å²) in [5.41, 5.74) is 19.9. The highest BCUT2D eigenvalue weighted by Crippen LogP contribution is 2.26. The standard InChI is InChI=1S/C29H34FN7O4.C23H28FN5O5.C6H8N2/c1-18(27(38)35-21-10-6-5-9-20(21)31)17-37(28(39)41-29(2,3)4)15-12-24-36-25-23(40-24)11-14-33-26(25)34-16-22-19(30)8-7-13-32-22;1-14(21(30)31)13-29(22(32)34-23(2,3)4)11-8-18-28-19-17(33-18)7-10-26-20(19)27-12-16-15(24)6-5-9-25-16;7-5-3-1-2-4-6(5)8/h5-11,13-14,18H,12,15-17,31H2,1-4H3,(H,33,34)(H,35,38);5-7,9-10,14H,8,11-13H2,1-4H3,(H,26,27)(H,30,31);1-4H,7-8H2. The number of carbonyl (C=O) groups is 4. The molecule has 0 saturated carbocycles. The second-order valence-corrected chi connectivity index (χ2v) is 21.0. The lowest BCUT2D eigenvalue weighted by Crippen LogP contribution is -2.42. The molecule has 23 nitrogen and oxygen atoms in total. The maximum Gasteiger partial charge on any atom is 0.410 e. The normalized spacial score (nSPS) is 11.9. The fourth-order valence-electron chi connectivity index (χ4n) is 7.53. The van der Waals surface area contributed by atoms with E-state index in [0.717, 1.165) is 0 Å². The number of aromatic nitrogens is 6. The Hall–Kier alpha value is -9.68. The topological polar surface area (TPSA) is 331 Å². The molecule has 0 saturated heterocycles. The van der Waals surface area contributed by atoms with Gasteiger partial charge in [-0.2, -0.15) is 0 Å². The Kier molecular flexibility index (Phi) is 21.6. The van der Waals surface area contributed by atoms with Gasteiger partial charge in [0.1, 0.15) is 22.8 Å². The number of hydrogen-bond acceptors (Lipinski definition) is 19. The molecule has 3 amide bonds. The average molecular weight is 1150 g/mol. The third kappa shape index (κ3) is 19.2. The second kappa shape index (κ2) is 28.6. The first-order valence-electron chi connectivity index (χ1n) is 26.4. The van der Waals surface area contributed by atoms with Crippen LogP contribution in [0.1, 0.15) is 78.6 Å². The van der Waals surface area contributed by atoms with Gasteiger partial charge in [0.2, 0.25) is 5.91 Å². The van der Waals surface area contributed by atoms with Crippen LogP contribution < -0.4 is 33.2 Å². The van der Waals surface area contributed by atoms with Crippen LogP contribution in [-0.4, -0.2) is 106 Å². The largest absolute Gasteiger partial charge is 0.481 e. The van der Waals surface area contributed by atoms with Gasteiger partial charge in [0.05, 0.1) is 59.1 Å². The third-order valence-corrected chi connectivity index (χ3v) is 11.8. The minimum absolute atomic E-state index is 0.0194. The zero-order chi connectivity index (χ0) is 60.4. The second-order valence-electron chi connectivity index (χ2n) is 21.0. The van der Waals surface area contributed by atoms with Crippen LogP contribution in [0.3, 0.4) is 0 Å². The van der Waals surface area contributed by atoms with Gasteiger partial charge < -0.3 is 66.4 Å². The molecule has 6 aromatic heterocycles. The quantitative estimate of drug-likeness (QED) is 0.0370. The number of fused-ring (bicyclic) bond motifs is 2. The van der Waals surface area contributed by atoms with Crippen LogP contribution >= 0.6 is 0 Å². The number of nitrogen functional groups attached to an aromatic ring is 3. The summed E-state index contributed by atoms with van der Waals surface area (Å²) in [5.74, 6) is -1.98. The zero-order valence-corrected chi connectivity index (χ0v) is 47.5. The lowest BCUT2D eigenvalue weighted by atomic mass is 10.1. The fourth-order valence-corrected chi connectivity index (χ4v) is 7.53. The van der Waals surface area contributed by atoms with E-state index in [9.17, 15) is 33.1 Å². The number of halogens is 2. The summed E-state index contributed by atoms with van der Waals surface area (Å²) < 4.78 is 50.6. The Bertz CT molecular complexity index is 3450. The van der Waals surface area contributed by atoms with E-state index in [-0.39, 0.29) is 69.4 Å². The molecule has 25 heteroatoms. The number of nitrogens with one attached hydrogen (secondary N) is 3. The molecule has 8 aromatic rings. The first-order chi connectivity index (χ1) is 39.3. The summed E-state index contributed by atoms with van der Waals surface area (Å²) in [7, 11) is 0. The molecule has 2 atom stereocenters. The first kappa shape index (κ1) is 62.5. The molecule has 0 bridgehead atoms. The van der Waals surface area contributed by atoms with E-state index >= 15 is 0 Å². The van der Waals surface area contributed by atoms with Crippen molar-refractivity contribution in [3.05, 3.63) is 145 Å². The van der Waals surface area contributed by atoms with E-state index in [2.05, 4.69) is 45.9 Å². The smallest absolute Gasteiger partial charge is 0.410 e. The summed E-state index contributed by atoms with van der Waals surface area (Å²) in [6.45, 7) is 14.4. The molecule has 2 unspecified atom stereocenters. The fraction of sp³-hybridized carbons (Fsp3) is 0.345. The van der Waals surface area contributed by atoms with Crippen molar-refractivity contribution in [3.8, 4) is 0 Å². The highest BCUT2D eigenvalue weighted by molar-refractivity contribution is 5.95. The number of oxazole rings is 2. The molecule has 0 aliphatic heterocycles.